The Kier molecular flexibility index (Phi) is 8.71. The topological polar surface area (TPSA) is 66.1 Å². The predicted molar refractivity (Wildman–Crippen MR) is 110 cm³/mol. The summed E-state index contributed by atoms with van der Waals surface area (Å²) in [5, 5.41) is 3.13. The lowest BCUT2D eigenvalue weighted by Crippen LogP contribution is -2.46. The standard InChI is InChI=1S/C20H35N5O/c1-4-24-13-15-25(16-14-24)12-6-5-11-22-20(21)23-18-7-9-19(10-8-18)26-17(2)3/h7-10,17H,4-6,11-16H2,1-3H3,(H3,21,22,23). The molecule has 0 aromatic heterocycles. The molecule has 0 spiro atoms. The van der Waals surface area contributed by atoms with E-state index in [1.54, 1.807) is 0 Å². The van der Waals surface area contributed by atoms with E-state index in [1.165, 1.54) is 39.1 Å². The highest BCUT2D eigenvalue weighted by Gasteiger charge is 2.14. The number of nitrogens with one attached hydrogen (secondary N) is 1. The van der Waals surface area contributed by atoms with Crippen LogP contribution >= 0.6 is 0 Å². The first-order valence-electron chi connectivity index (χ1n) is 9.85. The number of nitrogens with zero attached hydrogens (tertiary/aromatic N) is 3. The number of hydrogen-bond acceptors (Lipinski definition) is 4. The van der Waals surface area contributed by atoms with Crippen LogP contribution in [0.2, 0.25) is 0 Å². The van der Waals surface area contributed by atoms with Crippen LogP contribution in [-0.4, -0.2) is 67.7 Å². The lowest BCUT2D eigenvalue weighted by molar-refractivity contribution is 0.136. The third kappa shape index (κ3) is 7.62. The van der Waals surface area contributed by atoms with Crippen molar-refractivity contribution in [2.45, 2.75) is 39.7 Å². The number of hydrogen-bond donors (Lipinski definition) is 2. The van der Waals surface area contributed by atoms with Crippen molar-refractivity contribution in [3.8, 4) is 5.75 Å². The third-order valence-electron chi connectivity index (χ3n) is 4.58. The Morgan fingerprint density at radius 1 is 1.12 bits per heavy atom. The Hall–Kier alpha value is -1.79. The first-order chi connectivity index (χ1) is 12.6. The van der Waals surface area contributed by atoms with Gasteiger partial charge in [-0.25, -0.2) is 0 Å². The zero-order chi connectivity index (χ0) is 18.8. The molecule has 0 atom stereocenters. The molecule has 0 unspecified atom stereocenters. The fraction of sp³-hybridized carbons (Fsp3) is 0.650. The van der Waals surface area contributed by atoms with Crippen LogP contribution in [0, 0.1) is 0 Å². The second-order valence-electron chi connectivity index (χ2n) is 7.07. The van der Waals surface area contributed by atoms with Crippen LogP contribution in [0.1, 0.15) is 33.6 Å². The summed E-state index contributed by atoms with van der Waals surface area (Å²) in [6, 6.07) is 7.79. The molecule has 146 valence electrons. The minimum absolute atomic E-state index is 0.177. The molecular formula is C20H35N5O. The molecule has 1 aliphatic rings. The SMILES string of the molecule is CCN1CCN(CCCCN=C(N)Nc2ccc(OC(C)C)cc2)CC1. The minimum Gasteiger partial charge on any atom is -0.491 e. The lowest BCUT2D eigenvalue weighted by Gasteiger charge is -2.33. The number of guanidine groups is 1. The van der Waals surface area contributed by atoms with Crippen LogP contribution in [0.4, 0.5) is 5.69 Å². The second-order valence-corrected chi connectivity index (χ2v) is 7.07. The van der Waals surface area contributed by atoms with Gasteiger partial charge in [-0.05, 0) is 64.0 Å². The minimum atomic E-state index is 0.177. The maximum absolute atomic E-state index is 5.97. The Morgan fingerprint density at radius 3 is 2.38 bits per heavy atom. The van der Waals surface area contributed by atoms with Gasteiger partial charge in [0.2, 0.25) is 0 Å². The van der Waals surface area contributed by atoms with Crippen LogP contribution in [0.5, 0.6) is 5.75 Å². The molecule has 3 N–H and O–H groups in total. The number of ether oxygens (including phenoxy) is 1. The van der Waals surface area contributed by atoms with E-state index in [-0.39, 0.29) is 6.10 Å². The van der Waals surface area contributed by atoms with Crippen molar-refractivity contribution in [2.75, 3.05) is 51.1 Å². The molecular weight excluding hydrogens is 326 g/mol. The lowest BCUT2D eigenvalue weighted by atomic mass is 10.2. The van der Waals surface area contributed by atoms with Gasteiger partial charge in [0.25, 0.3) is 0 Å². The average molecular weight is 362 g/mol. The van der Waals surface area contributed by atoms with Gasteiger partial charge in [0, 0.05) is 38.4 Å². The maximum Gasteiger partial charge on any atom is 0.193 e. The molecule has 1 aromatic rings. The van der Waals surface area contributed by atoms with E-state index < -0.39 is 0 Å². The molecule has 2 rings (SSSR count). The summed E-state index contributed by atoms with van der Waals surface area (Å²) < 4.78 is 5.63. The van der Waals surface area contributed by atoms with E-state index in [4.69, 9.17) is 10.5 Å². The molecule has 6 heteroatoms. The van der Waals surface area contributed by atoms with Crippen molar-refractivity contribution in [2.24, 2.45) is 10.7 Å². The predicted octanol–water partition coefficient (Wildman–Crippen LogP) is 2.62. The molecule has 0 aliphatic carbocycles. The Labute approximate surface area is 158 Å². The van der Waals surface area contributed by atoms with Crippen molar-refractivity contribution in [1.29, 1.82) is 0 Å². The van der Waals surface area contributed by atoms with E-state index in [0.717, 1.165) is 30.9 Å². The van der Waals surface area contributed by atoms with Gasteiger partial charge < -0.3 is 25.6 Å². The molecule has 1 aliphatic heterocycles. The quantitative estimate of drug-likeness (QED) is 0.402. The zero-order valence-corrected chi connectivity index (χ0v) is 16.6. The Balaban J connectivity index is 1.61. The molecule has 0 amide bonds. The number of likely N-dealkylation sites (N-methyl/N-ethyl adjacent to an activating group) is 1. The van der Waals surface area contributed by atoms with Crippen LogP contribution in [0.25, 0.3) is 0 Å². The third-order valence-corrected chi connectivity index (χ3v) is 4.58. The van der Waals surface area contributed by atoms with Gasteiger partial charge in [0.1, 0.15) is 5.75 Å². The van der Waals surface area contributed by atoms with Crippen LogP contribution < -0.4 is 15.8 Å². The van der Waals surface area contributed by atoms with Crippen molar-refractivity contribution in [3.63, 3.8) is 0 Å². The molecule has 1 fully saturated rings. The smallest absolute Gasteiger partial charge is 0.193 e. The number of anilines is 1. The highest BCUT2D eigenvalue weighted by atomic mass is 16.5. The van der Waals surface area contributed by atoms with Crippen molar-refractivity contribution < 1.29 is 4.74 Å². The normalized spacial score (nSPS) is 16.8. The summed E-state index contributed by atoms with van der Waals surface area (Å²) in [4.78, 5) is 9.49. The van der Waals surface area contributed by atoms with Gasteiger partial charge in [-0.3, -0.25) is 4.99 Å². The first-order valence-corrected chi connectivity index (χ1v) is 9.85. The summed E-state index contributed by atoms with van der Waals surface area (Å²) in [5.74, 6) is 1.33. The van der Waals surface area contributed by atoms with Gasteiger partial charge in [-0.15, -0.1) is 0 Å². The number of rotatable bonds is 9. The molecule has 1 aromatic carbocycles. The molecule has 0 bridgehead atoms. The Bertz CT molecular complexity index is 536. The highest BCUT2D eigenvalue weighted by Crippen LogP contribution is 2.16. The fourth-order valence-corrected chi connectivity index (χ4v) is 3.05. The molecule has 1 heterocycles. The highest BCUT2D eigenvalue weighted by molar-refractivity contribution is 5.92. The van der Waals surface area contributed by atoms with E-state index in [1.807, 2.05) is 38.1 Å². The molecule has 0 saturated carbocycles. The average Bonchev–Trinajstić information content (AvgIpc) is 2.63. The summed E-state index contributed by atoms with van der Waals surface area (Å²) in [6.45, 7) is 14.2. The number of benzene rings is 1. The summed E-state index contributed by atoms with van der Waals surface area (Å²) >= 11 is 0. The van der Waals surface area contributed by atoms with Gasteiger partial charge in [0.05, 0.1) is 6.10 Å². The second kappa shape index (κ2) is 11.0. The number of unbranched alkanes of at least 4 members (excludes halogenated alkanes) is 1. The largest absolute Gasteiger partial charge is 0.491 e. The van der Waals surface area contributed by atoms with Crippen molar-refractivity contribution >= 4 is 11.6 Å². The van der Waals surface area contributed by atoms with E-state index in [0.29, 0.717) is 5.96 Å². The van der Waals surface area contributed by atoms with Crippen molar-refractivity contribution in [3.05, 3.63) is 24.3 Å². The van der Waals surface area contributed by atoms with Gasteiger partial charge in [-0.1, -0.05) is 6.92 Å². The van der Waals surface area contributed by atoms with Crippen LogP contribution in [-0.2, 0) is 0 Å². The van der Waals surface area contributed by atoms with Gasteiger partial charge in [0.15, 0.2) is 5.96 Å². The Morgan fingerprint density at radius 2 is 1.77 bits per heavy atom. The summed E-state index contributed by atoms with van der Waals surface area (Å²) in [5.41, 5.74) is 6.90. The summed E-state index contributed by atoms with van der Waals surface area (Å²) in [7, 11) is 0. The molecule has 26 heavy (non-hydrogen) atoms. The van der Waals surface area contributed by atoms with E-state index >= 15 is 0 Å². The zero-order valence-electron chi connectivity index (χ0n) is 16.6. The van der Waals surface area contributed by atoms with Crippen LogP contribution in [0.3, 0.4) is 0 Å². The molecule has 0 radical (unpaired) electrons. The monoisotopic (exact) mass is 361 g/mol. The van der Waals surface area contributed by atoms with Crippen LogP contribution in [0.15, 0.2) is 29.3 Å². The fourth-order valence-electron chi connectivity index (χ4n) is 3.05. The van der Waals surface area contributed by atoms with Crippen molar-refractivity contribution in [1.82, 2.24) is 9.80 Å². The van der Waals surface area contributed by atoms with E-state index in [2.05, 4.69) is 27.0 Å². The van der Waals surface area contributed by atoms with Gasteiger partial charge in [-0.2, -0.15) is 0 Å². The number of piperazine rings is 1. The molecule has 6 nitrogen and oxygen atoms in total. The molecule has 1 saturated heterocycles. The first kappa shape index (κ1) is 20.5. The van der Waals surface area contributed by atoms with E-state index in [9.17, 15) is 0 Å². The summed E-state index contributed by atoms with van der Waals surface area (Å²) in [6.07, 6.45) is 2.41. The van der Waals surface area contributed by atoms with Gasteiger partial charge >= 0.3 is 0 Å². The number of nitrogens with two attached hydrogens (primary N) is 1. The maximum atomic E-state index is 5.97. The number of aliphatic imine (C=N–C) groups is 1.